The number of rotatable bonds is 5. The Labute approximate surface area is 90.0 Å². The Balaban J connectivity index is 2.64. The summed E-state index contributed by atoms with van der Waals surface area (Å²) in [4.78, 5) is 8.39. The maximum atomic E-state index is 9.39. The van der Waals surface area contributed by atoms with Gasteiger partial charge in [0.2, 0.25) is 5.95 Å². The Morgan fingerprint density at radius 3 is 2.80 bits per heavy atom. The van der Waals surface area contributed by atoms with Gasteiger partial charge in [-0.05, 0) is 13.3 Å². The molecule has 1 aromatic heterocycles. The van der Waals surface area contributed by atoms with E-state index in [-0.39, 0.29) is 6.10 Å². The molecular weight excluding hydrogens is 192 g/mol. The third-order valence-corrected chi connectivity index (χ3v) is 2.07. The minimum absolute atomic E-state index is 0.335. The minimum Gasteiger partial charge on any atom is -0.391 e. The molecule has 0 saturated carbocycles. The van der Waals surface area contributed by atoms with Crippen molar-refractivity contribution < 1.29 is 5.11 Å². The van der Waals surface area contributed by atoms with E-state index in [4.69, 9.17) is 0 Å². The average Bonchev–Trinajstić information content (AvgIpc) is 2.25. The molecule has 0 amide bonds. The van der Waals surface area contributed by atoms with E-state index in [9.17, 15) is 5.11 Å². The third kappa shape index (κ3) is 3.71. The topological polar surface area (TPSA) is 70.1 Å². The average molecular weight is 210 g/mol. The molecule has 0 fully saturated rings. The number of aryl methyl sites for hydroxylation is 1. The summed E-state index contributed by atoms with van der Waals surface area (Å²) in [5.41, 5.74) is 0.892. The lowest BCUT2D eigenvalue weighted by Gasteiger charge is -2.11. The highest BCUT2D eigenvalue weighted by Crippen LogP contribution is 2.09. The van der Waals surface area contributed by atoms with Crippen LogP contribution in [0.1, 0.15) is 19.0 Å². The van der Waals surface area contributed by atoms with Crippen molar-refractivity contribution in [2.45, 2.75) is 26.4 Å². The molecule has 1 aromatic rings. The molecule has 0 aliphatic heterocycles. The predicted octanol–water partition coefficient (Wildman–Crippen LogP) is 1.01. The van der Waals surface area contributed by atoms with E-state index in [0.29, 0.717) is 12.5 Å². The molecule has 0 saturated heterocycles. The van der Waals surface area contributed by atoms with Crippen LogP contribution in [0.15, 0.2) is 6.07 Å². The van der Waals surface area contributed by atoms with Crippen LogP contribution in [0.4, 0.5) is 11.8 Å². The van der Waals surface area contributed by atoms with Gasteiger partial charge in [0, 0.05) is 25.4 Å². The van der Waals surface area contributed by atoms with Crippen LogP contribution in [-0.2, 0) is 0 Å². The second kappa shape index (κ2) is 5.50. The molecule has 0 aliphatic carbocycles. The number of nitrogens with one attached hydrogen (secondary N) is 2. The van der Waals surface area contributed by atoms with Gasteiger partial charge >= 0.3 is 0 Å². The number of hydrogen-bond donors (Lipinski definition) is 3. The highest BCUT2D eigenvalue weighted by atomic mass is 16.3. The van der Waals surface area contributed by atoms with Gasteiger partial charge in [0.1, 0.15) is 5.82 Å². The molecule has 0 radical (unpaired) electrons. The van der Waals surface area contributed by atoms with Crippen molar-refractivity contribution in [2.75, 3.05) is 24.2 Å². The van der Waals surface area contributed by atoms with E-state index in [0.717, 1.165) is 17.9 Å². The molecule has 5 nitrogen and oxygen atoms in total. The van der Waals surface area contributed by atoms with Gasteiger partial charge in [0.15, 0.2) is 0 Å². The molecule has 0 spiro atoms. The van der Waals surface area contributed by atoms with Crippen molar-refractivity contribution in [1.82, 2.24) is 9.97 Å². The van der Waals surface area contributed by atoms with Crippen LogP contribution < -0.4 is 10.6 Å². The van der Waals surface area contributed by atoms with Crippen molar-refractivity contribution in [3.63, 3.8) is 0 Å². The van der Waals surface area contributed by atoms with Gasteiger partial charge in [0.25, 0.3) is 0 Å². The molecule has 15 heavy (non-hydrogen) atoms. The first-order chi connectivity index (χ1) is 7.15. The number of hydrogen-bond acceptors (Lipinski definition) is 5. The minimum atomic E-state index is -0.335. The van der Waals surface area contributed by atoms with Gasteiger partial charge in [0.05, 0.1) is 6.10 Å². The Morgan fingerprint density at radius 2 is 2.20 bits per heavy atom. The summed E-state index contributed by atoms with van der Waals surface area (Å²) < 4.78 is 0. The number of aromatic nitrogens is 2. The van der Waals surface area contributed by atoms with Gasteiger partial charge in [-0.25, -0.2) is 4.98 Å². The zero-order valence-electron chi connectivity index (χ0n) is 9.41. The van der Waals surface area contributed by atoms with Crippen LogP contribution >= 0.6 is 0 Å². The fourth-order valence-electron chi connectivity index (χ4n) is 1.14. The fraction of sp³-hybridized carbons (Fsp3) is 0.600. The summed E-state index contributed by atoms with van der Waals surface area (Å²) in [5, 5.41) is 15.3. The lowest BCUT2D eigenvalue weighted by atomic mass is 10.3. The van der Waals surface area contributed by atoms with Gasteiger partial charge in [-0.3, -0.25) is 0 Å². The van der Waals surface area contributed by atoms with Crippen molar-refractivity contribution in [3.8, 4) is 0 Å². The SMILES string of the molecule is CCC(O)CNc1cc(C)nc(NC)n1. The standard InChI is InChI=1S/C10H18N4O/c1-4-8(15)6-12-9-5-7(2)13-10(11-3)14-9/h5,8,15H,4,6H2,1-3H3,(H2,11,12,13,14). The second-order valence-electron chi connectivity index (χ2n) is 3.41. The molecule has 1 atom stereocenters. The van der Waals surface area contributed by atoms with Gasteiger partial charge < -0.3 is 15.7 Å². The number of anilines is 2. The van der Waals surface area contributed by atoms with E-state index in [1.54, 1.807) is 7.05 Å². The third-order valence-electron chi connectivity index (χ3n) is 2.07. The first kappa shape index (κ1) is 11.7. The van der Waals surface area contributed by atoms with Crippen LogP contribution in [0.3, 0.4) is 0 Å². The van der Waals surface area contributed by atoms with Crippen LogP contribution in [-0.4, -0.2) is 34.8 Å². The van der Waals surface area contributed by atoms with Gasteiger partial charge in [-0.1, -0.05) is 6.92 Å². The predicted molar refractivity (Wildman–Crippen MR) is 61.1 cm³/mol. The van der Waals surface area contributed by atoms with Crippen molar-refractivity contribution >= 4 is 11.8 Å². The molecular formula is C10H18N4O. The van der Waals surface area contributed by atoms with E-state index in [2.05, 4.69) is 20.6 Å². The lowest BCUT2D eigenvalue weighted by Crippen LogP contribution is -2.19. The number of aliphatic hydroxyl groups excluding tert-OH is 1. The monoisotopic (exact) mass is 210 g/mol. The number of aliphatic hydroxyl groups is 1. The Kier molecular flexibility index (Phi) is 4.30. The molecule has 1 unspecified atom stereocenters. The van der Waals surface area contributed by atoms with Crippen LogP contribution in [0.5, 0.6) is 0 Å². The summed E-state index contributed by atoms with van der Waals surface area (Å²) in [6, 6.07) is 1.85. The largest absolute Gasteiger partial charge is 0.391 e. The van der Waals surface area contributed by atoms with Crippen LogP contribution in [0.25, 0.3) is 0 Å². The van der Waals surface area contributed by atoms with E-state index in [1.807, 2.05) is 19.9 Å². The zero-order valence-corrected chi connectivity index (χ0v) is 9.41. The van der Waals surface area contributed by atoms with Crippen LogP contribution in [0.2, 0.25) is 0 Å². The fourth-order valence-corrected chi connectivity index (χ4v) is 1.14. The van der Waals surface area contributed by atoms with Crippen molar-refractivity contribution in [2.24, 2.45) is 0 Å². The highest BCUT2D eigenvalue weighted by Gasteiger charge is 2.03. The zero-order chi connectivity index (χ0) is 11.3. The molecule has 3 N–H and O–H groups in total. The first-order valence-corrected chi connectivity index (χ1v) is 5.11. The highest BCUT2D eigenvalue weighted by molar-refractivity contribution is 5.41. The van der Waals surface area contributed by atoms with Gasteiger partial charge in [-0.2, -0.15) is 4.98 Å². The number of nitrogens with zero attached hydrogens (tertiary/aromatic N) is 2. The smallest absolute Gasteiger partial charge is 0.224 e. The molecule has 1 rings (SSSR count). The molecule has 84 valence electrons. The van der Waals surface area contributed by atoms with E-state index in [1.165, 1.54) is 0 Å². The quantitative estimate of drug-likeness (QED) is 0.676. The normalized spacial score (nSPS) is 12.3. The Bertz CT molecular complexity index is 316. The summed E-state index contributed by atoms with van der Waals surface area (Å²) in [6.45, 7) is 4.36. The van der Waals surface area contributed by atoms with E-state index >= 15 is 0 Å². The van der Waals surface area contributed by atoms with Crippen LogP contribution in [0, 0.1) is 6.92 Å². The maximum absolute atomic E-state index is 9.39. The molecule has 0 aromatic carbocycles. The van der Waals surface area contributed by atoms with E-state index < -0.39 is 0 Å². The Morgan fingerprint density at radius 1 is 1.47 bits per heavy atom. The molecule has 0 aliphatic rings. The summed E-state index contributed by atoms with van der Waals surface area (Å²) >= 11 is 0. The first-order valence-electron chi connectivity index (χ1n) is 5.11. The summed E-state index contributed by atoms with van der Waals surface area (Å²) in [6.07, 6.45) is 0.397. The van der Waals surface area contributed by atoms with Gasteiger partial charge in [-0.15, -0.1) is 0 Å². The summed E-state index contributed by atoms with van der Waals surface area (Å²) in [7, 11) is 1.78. The van der Waals surface area contributed by atoms with Crippen molar-refractivity contribution in [1.29, 1.82) is 0 Å². The second-order valence-corrected chi connectivity index (χ2v) is 3.41. The Hall–Kier alpha value is -1.36. The van der Waals surface area contributed by atoms with Crippen molar-refractivity contribution in [3.05, 3.63) is 11.8 Å². The maximum Gasteiger partial charge on any atom is 0.224 e. The molecule has 0 bridgehead atoms. The molecule has 5 heteroatoms. The lowest BCUT2D eigenvalue weighted by molar-refractivity contribution is 0.183. The molecule has 1 heterocycles. The summed E-state index contributed by atoms with van der Waals surface area (Å²) in [5.74, 6) is 1.32.